The van der Waals surface area contributed by atoms with E-state index < -0.39 is 0 Å². The van der Waals surface area contributed by atoms with Crippen molar-refractivity contribution in [3.05, 3.63) is 18.0 Å². The van der Waals surface area contributed by atoms with Gasteiger partial charge in [0.25, 0.3) is 0 Å². The normalized spacial score (nSPS) is 14.0. The van der Waals surface area contributed by atoms with E-state index in [1.807, 2.05) is 12.1 Å². The van der Waals surface area contributed by atoms with Crippen LogP contribution < -0.4 is 9.47 Å². The zero-order valence-electron chi connectivity index (χ0n) is 11.1. The van der Waals surface area contributed by atoms with Crippen molar-refractivity contribution in [3.63, 3.8) is 0 Å². The number of imidazole rings is 1. The van der Waals surface area contributed by atoms with Crippen LogP contribution in [0.3, 0.4) is 0 Å². The summed E-state index contributed by atoms with van der Waals surface area (Å²) in [5, 5.41) is 9.22. The van der Waals surface area contributed by atoms with E-state index in [4.69, 9.17) is 9.47 Å². The number of fused-ring (bicyclic) bond motifs is 2. The first-order valence-corrected chi connectivity index (χ1v) is 6.73. The molecule has 0 spiro atoms. The number of hydrogen-bond acceptors (Lipinski definition) is 4. The van der Waals surface area contributed by atoms with Gasteiger partial charge < -0.3 is 19.1 Å². The van der Waals surface area contributed by atoms with Crippen LogP contribution in [-0.4, -0.2) is 34.5 Å². The molecule has 1 aromatic heterocycles. The van der Waals surface area contributed by atoms with E-state index in [1.54, 1.807) is 0 Å². The molecule has 1 aliphatic rings. The SMILES string of the molecule is CCCc1nc2cc3c(cc2n1CCO)OCCO3. The van der Waals surface area contributed by atoms with Crippen LogP contribution in [0.4, 0.5) is 0 Å². The van der Waals surface area contributed by atoms with Crippen molar-refractivity contribution in [2.24, 2.45) is 0 Å². The van der Waals surface area contributed by atoms with E-state index in [0.29, 0.717) is 19.8 Å². The molecule has 2 aromatic rings. The predicted octanol–water partition coefficient (Wildman–Crippen LogP) is 1.75. The molecule has 0 unspecified atom stereocenters. The largest absolute Gasteiger partial charge is 0.486 e. The Labute approximate surface area is 111 Å². The fraction of sp³-hybridized carbons (Fsp3) is 0.500. The molecule has 0 saturated carbocycles. The zero-order valence-corrected chi connectivity index (χ0v) is 11.1. The first-order chi connectivity index (χ1) is 9.33. The van der Waals surface area contributed by atoms with Gasteiger partial charge in [0.15, 0.2) is 11.5 Å². The number of rotatable bonds is 4. The van der Waals surface area contributed by atoms with Gasteiger partial charge >= 0.3 is 0 Å². The summed E-state index contributed by atoms with van der Waals surface area (Å²) in [6.45, 7) is 3.95. The summed E-state index contributed by atoms with van der Waals surface area (Å²) in [6, 6.07) is 3.89. The highest BCUT2D eigenvalue weighted by Gasteiger charge is 2.17. The summed E-state index contributed by atoms with van der Waals surface area (Å²) in [7, 11) is 0. The molecule has 5 heteroatoms. The van der Waals surface area contributed by atoms with Gasteiger partial charge in [0.05, 0.1) is 17.6 Å². The van der Waals surface area contributed by atoms with Crippen molar-refractivity contribution < 1.29 is 14.6 Å². The molecule has 102 valence electrons. The lowest BCUT2D eigenvalue weighted by atomic mass is 10.2. The predicted molar refractivity (Wildman–Crippen MR) is 71.8 cm³/mol. The maximum atomic E-state index is 9.22. The number of nitrogens with zero attached hydrogens (tertiary/aromatic N) is 2. The lowest BCUT2D eigenvalue weighted by molar-refractivity contribution is 0.172. The van der Waals surface area contributed by atoms with Gasteiger partial charge in [0.2, 0.25) is 0 Å². The molecule has 1 aromatic carbocycles. The minimum Gasteiger partial charge on any atom is -0.486 e. The number of hydrogen-bond donors (Lipinski definition) is 1. The topological polar surface area (TPSA) is 56.5 Å². The van der Waals surface area contributed by atoms with Crippen LogP contribution in [0.2, 0.25) is 0 Å². The highest BCUT2D eigenvalue weighted by Crippen LogP contribution is 2.34. The Morgan fingerprint density at radius 1 is 1.26 bits per heavy atom. The average molecular weight is 262 g/mol. The standard InChI is InChI=1S/C14H18N2O3/c1-2-3-14-15-10-8-12-13(19-7-6-18-12)9-11(10)16(14)4-5-17/h8-9,17H,2-7H2,1H3. The number of ether oxygens (including phenoxy) is 2. The molecule has 0 radical (unpaired) electrons. The zero-order chi connectivity index (χ0) is 13.2. The second kappa shape index (κ2) is 5.09. The Bertz CT molecular complexity index is 592. The summed E-state index contributed by atoms with van der Waals surface area (Å²) in [5.74, 6) is 2.53. The van der Waals surface area contributed by atoms with Crippen LogP contribution in [-0.2, 0) is 13.0 Å². The van der Waals surface area contributed by atoms with Crippen molar-refractivity contribution in [2.45, 2.75) is 26.3 Å². The number of aliphatic hydroxyl groups excluding tert-OH is 1. The third kappa shape index (κ3) is 2.14. The summed E-state index contributed by atoms with van der Waals surface area (Å²) >= 11 is 0. The van der Waals surface area contributed by atoms with Gasteiger partial charge in [-0.3, -0.25) is 0 Å². The molecule has 1 N–H and O–H groups in total. The molecule has 2 heterocycles. The molecular formula is C14H18N2O3. The molecular weight excluding hydrogens is 244 g/mol. The maximum absolute atomic E-state index is 9.22. The molecule has 3 rings (SSSR count). The van der Waals surface area contributed by atoms with Gasteiger partial charge in [0, 0.05) is 25.1 Å². The summed E-state index contributed by atoms with van der Waals surface area (Å²) < 4.78 is 13.2. The first kappa shape index (κ1) is 12.3. The molecule has 19 heavy (non-hydrogen) atoms. The molecule has 0 aliphatic carbocycles. The van der Waals surface area contributed by atoms with Crippen LogP contribution in [0.1, 0.15) is 19.2 Å². The number of aliphatic hydroxyl groups is 1. The van der Waals surface area contributed by atoms with E-state index in [2.05, 4.69) is 16.5 Å². The lowest BCUT2D eigenvalue weighted by Crippen LogP contribution is -2.15. The third-order valence-electron chi connectivity index (χ3n) is 3.29. The van der Waals surface area contributed by atoms with Gasteiger partial charge in [-0.05, 0) is 6.42 Å². The van der Waals surface area contributed by atoms with E-state index in [-0.39, 0.29) is 6.61 Å². The van der Waals surface area contributed by atoms with Crippen LogP contribution in [0, 0.1) is 0 Å². The Kier molecular flexibility index (Phi) is 3.29. The number of aryl methyl sites for hydroxylation is 1. The minimum atomic E-state index is 0.108. The number of aromatic nitrogens is 2. The van der Waals surface area contributed by atoms with Crippen molar-refractivity contribution in [3.8, 4) is 11.5 Å². The highest BCUT2D eigenvalue weighted by atomic mass is 16.6. The number of benzene rings is 1. The van der Waals surface area contributed by atoms with Gasteiger partial charge in [-0.15, -0.1) is 0 Å². The van der Waals surface area contributed by atoms with E-state index in [1.165, 1.54) is 0 Å². The fourth-order valence-electron chi connectivity index (χ4n) is 2.48. The Balaban J connectivity index is 2.14. The third-order valence-corrected chi connectivity index (χ3v) is 3.29. The first-order valence-electron chi connectivity index (χ1n) is 6.73. The maximum Gasteiger partial charge on any atom is 0.163 e. The second-order valence-corrected chi connectivity index (χ2v) is 4.64. The molecule has 0 amide bonds. The molecule has 0 saturated heterocycles. The second-order valence-electron chi connectivity index (χ2n) is 4.64. The van der Waals surface area contributed by atoms with E-state index in [0.717, 1.165) is 41.2 Å². The summed E-state index contributed by atoms with van der Waals surface area (Å²) in [5.41, 5.74) is 1.91. The van der Waals surface area contributed by atoms with E-state index >= 15 is 0 Å². The van der Waals surface area contributed by atoms with Crippen molar-refractivity contribution in [2.75, 3.05) is 19.8 Å². The smallest absolute Gasteiger partial charge is 0.163 e. The highest BCUT2D eigenvalue weighted by molar-refractivity contribution is 5.80. The van der Waals surface area contributed by atoms with Gasteiger partial charge in [-0.1, -0.05) is 6.92 Å². The van der Waals surface area contributed by atoms with Crippen molar-refractivity contribution >= 4 is 11.0 Å². The van der Waals surface area contributed by atoms with Crippen LogP contribution >= 0.6 is 0 Å². The minimum absolute atomic E-state index is 0.108. The Hall–Kier alpha value is -1.75. The quantitative estimate of drug-likeness (QED) is 0.912. The van der Waals surface area contributed by atoms with Crippen molar-refractivity contribution in [1.29, 1.82) is 0 Å². The molecule has 5 nitrogen and oxygen atoms in total. The Morgan fingerprint density at radius 3 is 2.68 bits per heavy atom. The Morgan fingerprint density at radius 2 is 2.00 bits per heavy atom. The fourth-order valence-corrected chi connectivity index (χ4v) is 2.48. The van der Waals surface area contributed by atoms with Gasteiger partial charge in [-0.25, -0.2) is 4.98 Å². The van der Waals surface area contributed by atoms with Crippen molar-refractivity contribution in [1.82, 2.24) is 9.55 Å². The summed E-state index contributed by atoms with van der Waals surface area (Å²) in [4.78, 5) is 4.65. The van der Waals surface area contributed by atoms with Crippen LogP contribution in [0.25, 0.3) is 11.0 Å². The summed E-state index contributed by atoms with van der Waals surface area (Å²) in [6.07, 6.45) is 1.93. The molecule has 0 bridgehead atoms. The lowest BCUT2D eigenvalue weighted by Gasteiger charge is -2.18. The van der Waals surface area contributed by atoms with Crippen LogP contribution in [0.5, 0.6) is 11.5 Å². The van der Waals surface area contributed by atoms with E-state index in [9.17, 15) is 5.11 Å². The average Bonchev–Trinajstić information content (AvgIpc) is 2.75. The molecule has 0 atom stereocenters. The monoisotopic (exact) mass is 262 g/mol. The van der Waals surface area contributed by atoms with Gasteiger partial charge in [0.1, 0.15) is 19.0 Å². The molecule has 1 aliphatic heterocycles. The van der Waals surface area contributed by atoms with Gasteiger partial charge in [-0.2, -0.15) is 0 Å². The van der Waals surface area contributed by atoms with Crippen LogP contribution in [0.15, 0.2) is 12.1 Å². The molecule has 0 fully saturated rings.